The van der Waals surface area contributed by atoms with Crippen molar-refractivity contribution < 1.29 is 9.90 Å². The number of carboxylic acids is 1. The van der Waals surface area contributed by atoms with Crippen LogP contribution in [0.3, 0.4) is 0 Å². The largest absolute Gasteiger partial charge is 0.477 e. The predicted molar refractivity (Wildman–Crippen MR) is 69.6 cm³/mol. The third-order valence-electron chi connectivity index (χ3n) is 2.69. The zero-order valence-corrected chi connectivity index (χ0v) is 10.5. The lowest BCUT2D eigenvalue weighted by Crippen LogP contribution is -2.19. The zero-order chi connectivity index (χ0) is 13.1. The summed E-state index contributed by atoms with van der Waals surface area (Å²) in [6.07, 6.45) is 1.77. The lowest BCUT2D eigenvalue weighted by molar-refractivity contribution is 0.0691. The molecule has 0 aliphatic carbocycles. The molecule has 2 aromatic heterocycles. The van der Waals surface area contributed by atoms with Crippen LogP contribution in [0.1, 0.15) is 29.9 Å². The Morgan fingerprint density at radius 1 is 1.56 bits per heavy atom. The Kier molecular flexibility index (Phi) is 3.62. The van der Waals surface area contributed by atoms with Gasteiger partial charge in [-0.15, -0.1) is 0 Å². The minimum Gasteiger partial charge on any atom is -0.477 e. The van der Waals surface area contributed by atoms with Crippen LogP contribution in [-0.2, 0) is 6.54 Å². The molecule has 2 heterocycles. The van der Waals surface area contributed by atoms with E-state index in [0.29, 0.717) is 18.0 Å². The molecule has 96 valence electrons. The average Bonchev–Trinajstić information content (AvgIpc) is 2.76. The minimum absolute atomic E-state index is 0.0865. The summed E-state index contributed by atoms with van der Waals surface area (Å²) < 4.78 is 0. The van der Waals surface area contributed by atoms with Gasteiger partial charge in [-0.3, -0.25) is 0 Å². The molecule has 0 unspecified atom stereocenters. The van der Waals surface area contributed by atoms with E-state index in [2.05, 4.69) is 29.1 Å². The van der Waals surface area contributed by atoms with Gasteiger partial charge < -0.3 is 15.4 Å². The van der Waals surface area contributed by atoms with Crippen LogP contribution in [0.5, 0.6) is 0 Å². The maximum absolute atomic E-state index is 11.0. The molecule has 2 aromatic rings. The number of carbonyl (C=O) groups is 1. The Hall–Kier alpha value is -1.88. The van der Waals surface area contributed by atoms with Gasteiger partial charge in [-0.1, -0.05) is 13.8 Å². The first-order chi connectivity index (χ1) is 8.58. The van der Waals surface area contributed by atoms with Gasteiger partial charge in [0.2, 0.25) is 0 Å². The number of H-pyrrole nitrogens is 1. The maximum atomic E-state index is 11.0. The molecule has 0 saturated carbocycles. The van der Waals surface area contributed by atoms with Gasteiger partial charge in [-0.2, -0.15) is 0 Å². The van der Waals surface area contributed by atoms with Crippen LogP contribution in [0, 0.1) is 5.92 Å². The van der Waals surface area contributed by atoms with E-state index in [0.717, 1.165) is 17.6 Å². The number of pyridine rings is 1. The summed E-state index contributed by atoms with van der Waals surface area (Å²) in [4.78, 5) is 18.2. The Morgan fingerprint density at radius 2 is 2.33 bits per heavy atom. The lowest BCUT2D eigenvalue weighted by Gasteiger charge is -2.09. The normalized spacial score (nSPS) is 11.3. The van der Waals surface area contributed by atoms with Crippen molar-refractivity contribution in [1.82, 2.24) is 15.3 Å². The van der Waals surface area contributed by atoms with Gasteiger partial charge in [0, 0.05) is 12.7 Å². The van der Waals surface area contributed by atoms with E-state index in [9.17, 15) is 4.79 Å². The summed E-state index contributed by atoms with van der Waals surface area (Å²) in [7, 11) is 0. The van der Waals surface area contributed by atoms with Crippen LogP contribution in [0.4, 0.5) is 0 Å². The Bertz CT molecular complexity index is 560. The van der Waals surface area contributed by atoms with Gasteiger partial charge in [0.25, 0.3) is 0 Å². The highest BCUT2D eigenvalue weighted by Gasteiger charge is 2.11. The molecule has 5 heteroatoms. The number of hydrogen-bond acceptors (Lipinski definition) is 3. The van der Waals surface area contributed by atoms with E-state index in [1.165, 1.54) is 0 Å². The second-order valence-corrected chi connectivity index (χ2v) is 4.73. The molecule has 3 N–H and O–H groups in total. The van der Waals surface area contributed by atoms with Gasteiger partial charge in [-0.25, -0.2) is 9.78 Å². The van der Waals surface area contributed by atoms with Crippen LogP contribution < -0.4 is 5.32 Å². The summed E-state index contributed by atoms with van der Waals surface area (Å²) >= 11 is 0. The number of carboxylic acid groups (broad SMARTS) is 1. The standard InChI is InChI=1S/C13H17N3O2/c1-8(2)6-14-7-9-5-11(13(17)18)16-10-3-4-15-12(9)10/h3-5,8,14-15H,6-7H2,1-2H3,(H,17,18). The van der Waals surface area contributed by atoms with Crippen molar-refractivity contribution in [1.29, 1.82) is 0 Å². The van der Waals surface area contributed by atoms with Crippen molar-refractivity contribution >= 4 is 17.0 Å². The number of nitrogens with zero attached hydrogens (tertiary/aromatic N) is 1. The molecule has 18 heavy (non-hydrogen) atoms. The van der Waals surface area contributed by atoms with Gasteiger partial charge in [0.1, 0.15) is 5.69 Å². The smallest absolute Gasteiger partial charge is 0.354 e. The lowest BCUT2D eigenvalue weighted by atomic mass is 10.1. The van der Waals surface area contributed by atoms with E-state index in [1.807, 2.05) is 0 Å². The molecule has 0 aliphatic heterocycles. The Balaban J connectivity index is 2.29. The number of rotatable bonds is 5. The third-order valence-corrected chi connectivity index (χ3v) is 2.69. The molecule has 0 bridgehead atoms. The monoisotopic (exact) mass is 247 g/mol. The summed E-state index contributed by atoms with van der Waals surface area (Å²) in [6, 6.07) is 3.40. The molecule has 0 fully saturated rings. The molecule has 0 aromatic carbocycles. The van der Waals surface area contributed by atoms with E-state index in [4.69, 9.17) is 5.11 Å². The highest BCUT2D eigenvalue weighted by Crippen LogP contribution is 2.17. The first kappa shape index (κ1) is 12.6. The highest BCUT2D eigenvalue weighted by atomic mass is 16.4. The van der Waals surface area contributed by atoms with Crippen LogP contribution >= 0.6 is 0 Å². The van der Waals surface area contributed by atoms with Gasteiger partial charge in [0.15, 0.2) is 0 Å². The molecule has 0 spiro atoms. The highest BCUT2D eigenvalue weighted by molar-refractivity contribution is 5.90. The summed E-state index contributed by atoms with van der Waals surface area (Å²) in [5.41, 5.74) is 2.61. The number of hydrogen-bond donors (Lipinski definition) is 3. The second kappa shape index (κ2) is 5.18. The molecule has 2 rings (SSSR count). The van der Waals surface area contributed by atoms with Crippen LogP contribution in [0.2, 0.25) is 0 Å². The molecular weight excluding hydrogens is 230 g/mol. The second-order valence-electron chi connectivity index (χ2n) is 4.73. The van der Waals surface area contributed by atoms with Gasteiger partial charge in [-0.05, 0) is 30.2 Å². The Morgan fingerprint density at radius 3 is 3.00 bits per heavy atom. The third kappa shape index (κ3) is 2.68. The molecular formula is C13H17N3O2. The van der Waals surface area contributed by atoms with E-state index < -0.39 is 5.97 Å². The van der Waals surface area contributed by atoms with E-state index in [-0.39, 0.29) is 5.69 Å². The van der Waals surface area contributed by atoms with Crippen LogP contribution in [-0.4, -0.2) is 27.6 Å². The molecule has 0 amide bonds. The fraction of sp³-hybridized carbons (Fsp3) is 0.385. The summed E-state index contributed by atoms with van der Waals surface area (Å²) in [5, 5.41) is 12.3. The molecule has 0 atom stereocenters. The molecule has 0 radical (unpaired) electrons. The predicted octanol–water partition coefficient (Wildman–Crippen LogP) is 2.01. The van der Waals surface area contributed by atoms with Crippen LogP contribution in [0.15, 0.2) is 18.3 Å². The van der Waals surface area contributed by atoms with Crippen LogP contribution in [0.25, 0.3) is 11.0 Å². The summed E-state index contributed by atoms with van der Waals surface area (Å²) in [5.74, 6) is -0.437. The van der Waals surface area contributed by atoms with Crippen molar-refractivity contribution in [3.63, 3.8) is 0 Å². The summed E-state index contributed by atoms with van der Waals surface area (Å²) in [6.45, 7) is 5.80. The fourth-order valence-corrected chi connectivity index (χ4v) is 1.86. The maximum Gasteiger partial charge on any atom is 0.354 e. The van der Waals surface area contributed by atoms with E-state index in [1.54, 1.807) is 18.3 Å². The zero-order valence-electron chi connectivity index (χ0n) is 10.5. The number of aromatic carboxylic acids is 1. The van der Waals surface area contributed by atoms with Crippen molar-refractivity contribution in [3.05, 3.63) is 29.6 Å². The van der Waals surface area contributed by atoms with Crippen molar-refractivity contribution in [2.24, 2.45) is 5.92 Å². The van der Waals surface area contributed by atoms with Crippen molar-refractivity contribution in [3.8, 4) is 0 Å². The SMILES string of the molecule is CC(C)CNCc1cc(C(=O)O)nc2cc[nH]c12. The topological polar surface area (TPSA) is 78.0 Å². The number of nitrogens with one attached hydrogen (secondary N) is 2. The first-order valence-corrected chi connectivity index (χ1v) is 5.99. The number of aromatic amines is 1. The molecule has 0 saturated heterocycles. The minimum atomic E-state index is -0.997. The van der Waals surface area contributed by atoms with E-state index >= 15 is 0 Å². The fourth-order valence-electron chi connectivity index (χ4n) is 1.86. The molecule has 5 nitrogen and oxygen atoms in total. The average molecular weight is 247 g/mol. The number of fused-ring (bicyclic) bond motifs is 1. The Labute approximate surface area is 105 Å². The molecule has 0 aliphatic rings. The van der Waals surface area contributed by atoms with Crippen molar-refractivity contribution in [2.75, 3.05) is 6.54 Å². The van der Waals surface area contributed by atoms with Gasteiger partial charge in [0.05, 0.1) is 11.0 Å². The van der Waals surface area contributed by atoms with Gasteiger partial charge >= 0.3 is 5.97 Å². The number of aromatic nitrogens is 2. The quantitative estimate of drug-likeness (QED) is 0.755. The van der Waals surface area contributed by atoms with Crippen molar-refractivity contribution in [2.45, 2.75) is 20.4 Å². The first-order valence-electron chi connectivity index (χ1n) is 5.99.